The molecular formula is C26H18BrNO5. The largest absolute Gasteiger partial charge is 0.496 e. The molecule has 0 aliphatic heterocycles. The number of para-hydroxylation sites is 2. The summed E-state index contributed by atoms with van der Waals surface area (Å²) in [6.07, 6.45) is 0. The maximum absolute atomic E-state index is 13.3. The molecule has 7 heteroatoms. The van der Waals surface area contributed by atoms with Gasteiger partial charge in [0.25, 0.3) is 0 Å². The van der Waals surface area contributed by atoms with Crippen LogP contribution in [0.15, 0.2) is 86.1 Å². The van der Waals surface area contributed by atoms with E-state index < -0.39 is 0 Å². The molecule has 0 unspecified atom stereocenters. The number of rotatable bonds is 7. The molecule has 33 heavy (non-hydrogen) atoms. The summed E-state index contributed by atoms with van der Waals surface area (Å²) in [6.45, 7) is -0.0596. The highest BCUT2D eigenvalue weighted by Gasteiger charge is 2.23. The van der Waals surface area contributed by atoms with E-state index in [0.717, 1.165) is 5.39 Å². The van der Waals surface area contributed by atoms with Gasteiger partial charge in [-0.3, -0.25) is 9.59 Å². The molecule has 2 aromatic heterocycles. The molecule has 1 N–H and O–H groups in total. The van der Waals surface area contributed by atoms with Crippen LogP contribution in [0.2, 0.25) is 0 Å². The van der Waals surface area contributed by atoms with Gasteiger partial charge in [0.05, 0.1) is 23.8 Å². The average Bonchev–Trinajstić information content (AvgIpc) is 3.43. The second-order valence-electron chi connectivity index (χ2n) is 7.41. The van der Waals surface area contributed by atoms with Crippen molar-refractivity contribution in [1.29, 1.82) is 0 Å². The van der Waals surface area contributed by atoms with Crippen LogP contribution in [0, 0.1) is 0 Å². The number of hydrogen-bond acceptors (Lipinski definition) is 6. The van der Waals surface area contributed by atoms with Crippen LogP contribution in [0.5, 0.6) is 5.75 Å². The number of carbonyl (C=O) groups excluding carboxylic acids is 2. The predicted octanol–water partition coefficient (Wildman–Crippen LogP) is 6.48. The van der Waals surface area contributed by atoms with Gasteiger partial charge in [-0.2, -0.15) is 0 Å². The predicted molar refractivity (Wildman–Crippen MR) is 129 cm³/mol. The molecule has 0 amide bonds. The fraction of sp³-hybridized carbons (Fsp3) is 0.0769. The summed E-state index contributed by atoms with van der Waals surface area (Å²) >= 11 is 3.41. The quantitative estimate of drug-likeness (QED) is 0.256. The maximum Gasteiger partial charge on any atom is 0.230 e. The molecule has 0 aliphatic carbocycles. The molecule has 5 aromatic rings. The zero-order valence-corrected chi connectivity index (χ0v) is 19.1. The Morgan fingerprint density at radius 2 is 1.70 bits per heavy atom. The van der Waals surface area contributed by atoms with Gasteiger partial charge in [-0.15, -0.1) is 0 Å². The second kappa shape index (κ2) is 8.60. The second-order valence-corrected chi connectivity index (χ2v) is 8.26. The first-order valence-corrected chi connectivity index (χ1v) is 11.0. The number of benzene rings is 3. The molecule has 6 nitrogen and oxygen atoms in total. The van der Waals surface area contributed by atoms with Crippen LogP contribution in [0.25, 0.3) is 21.9 Å². The lowest BCUT2D eigenvalue weighted by atomic mass is 10.1. The van der Waals surface area contributed by atoms with Crippen LogP contribution in [0.4, 0.5) is 5.69 Å². The molecule has 0 saturated heterocycles. The van der Waals surface area contributed by atoms with Crippen molar-refractivity contribution in [2.75, 3.05) is 19.0 Å². The van der Waals surface area contributed by atoms with Gasteiger partial charge in [-0.05, 0) is 58.4 Å². The van der Waals surface area contributed by atoms with Gasteiger partial charge in [0, 0.05) is 16.3 Å². The van der Waals surface area contributed by atoms with Crippen molar-refractivity contribution in [2.24, 2.45) is 0 Å². The number of methoxy groups -OCH3 is 1. The van der Waals surface area contributed by atoms with Gasteiger partial charge < -0.3 is 18.9 Å². The first-order chi connectivity index (χ1) is 16.0. The van der Waals surface area contributed by atoms with Crippen LogP contribution < -0.4 is 10.1 Å². The summed E-state index contributed by atoms with van der Waals surface area (Å²) in [7, 11) is 1.56. The number of ketones is 2. The van der Waals surface area contributed by atoms with Crippen molar-refractivity contribution in [2.45, 2.75) is 0 Å². The van der Waals surface area contributed by atoms with Crippen LogP contribution >= 0.6 is 15.9 Å². The van der Waals surface area contributed by atoms with Gasteiger partial charge in [0.15, 0.2) is 11.5 Å². The molecule has 0 atom stereocenters. The van der Waals surface area contributed by atoms with Gasteiger partial charge in [0.1, 0.15) is 16.9 Å². The zero-order chi connectivity index (χ0) is 22.9. The summed E-state index contributed by atoms with van der Waals surface area (Å²) in [4.78, 5) is 26.1. The number of furan rings is 2. The van der Waals surface area contributed by atoms with Gasteiger partial charge >= 0.3 is 0 Å². The third kappa shape index (κ3) is 3.91. The third-order valence-corrected chi connectivity index (χ3v) is 5.96. The van der Waals surface area contributed by atoms with Gasteiger partial charge in [-0.1, -0.05) is 30.3 Å². The highest BCUT2D eigenvalue weighted by molar-refractivity contribution is 9.10. The van der Waals surface area contributed by atoms with Crippen LogP contribution in [-0.2, 0) is 0 Å². The van der Waals surface area contributed by atoms with E-state index in [4.69, 9.17) is 13.6 Å². The highest BCUT2D eigenvalue weighted by atomic mass is 79.9. The Kier molecular flexibility index (Phi) is 5.48. The van der Waals surface area contributed by atoms with E-state index in [-0.39, 0.29) is 29.6 Å². The number of hydrogen-bond donors (Lipinski definition) is 1. The molecule has 0 aliphatic rings. The lowest BCUT2D eigenvalue weighted by Gasteiger charge is -2.07. The lowest BCUT2D eigenvalue weighted by Crippen LogP contribution is -2.15. The third-order valence-electron chi connectivity index (χ3n) is 5.34. The molecule has 0 bridgehead atoms. The number of nitrogens with one attached hydrogen (secondary N) is 1. The molecule has 0 spiro atoms. The summed E-state index contributed by atoms with van der Waals surface area (Å²) < 4.78 is 17.5. The minimum atomic E-state index is -0.312. The molecule has 5 rings (SSSR count). The summed E-state index contributed by atoms with van der Waals surface area (Å²) in [5.74, 6) is 0.454. The molecule has 2 heterocycles. The van der Waals surface area contributed by atoms with Crippen molar-refractivity contribution in [3.05, 3.63) is 94.4 Å². The standard InChI is InChI=1S/C26H18BrNO5/c1-31-22-11-10-16(12-18(22)27)25(30)26-24(17-7-3-5-9-21(17)33-26)28-14-19(29)23-13-15-6-2-4-8-20(15)32-23/h2-13,28H,14H2,1H3. The van der Waals surface area contributed by atoms with Crippen molar-refractivity contribution in [3.63, 3.8) is 0 Å². The first-order valence-electron chi connectivity index (χ1n) is 10.2. The summed E-state index contributed by atoms with van der Waals surface area (Å²) in [5.41, 5.74) is 2.09. The Morgan fingerprint density at radius 3 is 2.45 bits per heavy atom. The normalized spacial score (nSPS) is 11.1. The minimum absolute atomic E-state index is 0.0596. The van der Waals surface area contributed by atoms with E-state index in [0.29, 0.717) is 38.0 Å². The Bertz CT molecular complexity index is 1480. The first kappa shape index (κ1) is 21.0. The van der Waals surface area contributed by atoms with Crippen molar-refractivity contribution < 1.29 is 23.2 Å². The van der Waals surface area contributed by atoms with Gasteiger partial charge in [0.2, 0.25) is 11.6 Å². The molecule has 0 radical (unpaired) electrons. The molecule has 164 valence electrons. The smallest absolute Gasteiger partial charge is 0.230 e. The molecule has 3 aromatic carbocycles. The average molecular weight is 504 g/mol. The molecular weight excluding hydrogens is 486 g/mol. The van der Waals surface area contributed by atoms with E-state index in [1.165, 1.54) is 0 Å². The number of fused-ring (bicyclic) bond motifs is 2. The summed E-state index contributed by atoms with van der Waals surface area (Å²) in [6, 6.07) is 21.5. The fourth-order valence-electron chi connectivity index (χ4n) is 3.69. The number of anilines is 1. The fourth-order valence-corrected chi connectivity index (χ4v) is 4.24. The number of Topliss-reactive ketones (excluding diaryl/α,β-unsaturated/α-hetero) is 1. The monoisotopic (exact) mass is 503 g/mol. The van der Waals surface area contributed by atoms with E-state index >= 15 is 0 Å². The molecule has 0 saturated carbocycles. The topological polar surface area (TPSA) is 81.7 Å². The Labute approximate surface area is 197 Å². The van der Waals surface area contributed by atoms with Crippen molar-refractivity contribution in [1.82, 2.24) is 0 Å². The van der Waals surface area contributed by atoms with Crippen molar-refractivity contribution in [3.8, 4) is 5.75 Å². The highest BCUT2D eigenvalue weighted by Crippen LogP contribution is 2.34. The van der Waals surface area contributed by atoms with E-state index in [1.807, 2.05) is 42.5 Å². The summed E-state index contributed by atoms with van der Waals surface area (Å²) in [5, 5.41) is 4.68. The van der Waals surface area contributed by atoms with Crippen LogP contribution in [0.1, 0.15) is 26.7 Å². The van der Waals surface area contributed by atoms with E-state index in [1.54, 1.807) is 37.4 Å². The van der Waals surface area contributed by atoms with Crippen LogP contribution in [-0.4, -0.2) is 25.2 Å². The lowest BCUT2D eigenvalue weighted by molar-refractivity contribution is 0.0978. The Balaban J connectivity index is 1.47. The maximum atomic E-state index is 13.3. The minimum Gasteiger partial charge on any atom is -0.496 e. The number of carbonyl (C=O) groups is 2. The van der Waals surface area contributed by atoms with E-state index in [2.05, 4.69) is 21.2 Å². The molecule has 0 fully saturated rings. The number of ether oxygens (including phenoxy) is 1. The van der Waals surface area contributed by atoms with Crippen molar-refractivity contribution >= 4 is 55.1 Å². The Hall–Kier alpha value is -3.84. The Morgan fingerprint density at radius 1 is 0.939 bits per heavy atom. The zero-order valence-electron chi connectivity index (χ0n) is 17.6. The van der Waals surface area contributed by atoms with Crippen LogP contribution in [0.3, 0.4) is 0 Å². The van der Waals surface area contributed by atoms with Gasteiger partial charge in [-0.25, -0.2) is 0 Å². The van der Waals surface area contributed by atoms with E-state index in [9.17, 15) is 9.59 Å². The number of halogens is 1. The SMILES string of the molecule is COc1ccc(C(=O)c2oc3ccccc3c2NCC(=O)c2cc3ccccc3o2)cc1Br.